The van der Waals surface area contributed by atoms with Gasteiger partial charge in [0.1, 0.15) is 5.70 Å². The molecule has 0 spiro atoms. The van der Waals surface area contributed by atoms with Crippen LogP contribution < -0.4 is 10.2 Å². The van der Waals surface area contributed by atoms with E-state index < -0.39 is 0 Å². The van der Waals surface area contributed by atoms with Crippen molar-refractivity contribution in [2.45, 2.75) is 19.9 Å². The summed E-state index contributed by atoms with van der Waals surface area (Å²) in [7, 11) is 0. The topological polar surface area (TPSA) is 61.1 Å². The van der Waals surface area contributed by atoms with E-state index in [0.29, 0.717) is 34.5 Å². The number of aryl methyl sites for hydroxylation is 2. The maximum Gasteiger partial charge on any atom is 0.281 e. The van der Waals surface area contributed by atoms with E-state index in [9.17, 15) is 4.79 Å². The minimum atomic E-state index is -0.214. The second-order valence-electron chi connectivity index (χ2n) is 6.76. The average Bonchev–Trinajstić information content (AvgIpc) is 3.18. The zero-order chi connectivity index (χ0) is 20.5. The molecule has 0 bridgehead atoms. The Morgan fingerprint density at radius 2 is 2.07 bits per heavy atom. The van der Waals surface area contributed by atoms with E-state index in [1.54, 1.807) is 18.2 Å². The van der Waals surface area contributed by atoms with Gasteiger partial charge in [0.2, 0.25) is 0 Å². The SMILES string of the molecule is Cc1cc(Cl)ccc1N1C(=O)/C(=C\c2cn(CCC#N)c3ccccc23)NC1=S. The third kappa shape index (κ3) is 3.51. The summed E-state index contributed by atoms with van der Waals surface area (Å²) >= 11 is 11.5. The van der Waals surface area contributed by atoms with E-state index in [1.807, 2.05) is 48.0 Å². The quantitative estimate of drug-likeness (QED) is 0.487. The first-order valence-corrected chi connectivity index (χ1v) is 9.86. The highest BCUT2D eigenvalue weighted by molar-refractivity contribution is 7.80. The van der Waals surface area contributed by atoms with Crippen LogP contribution in [0.25, 0.3) is 17.0 Å². The van der Waals surface area contributed by atoms with Crippen molar-refractivity contribution in [3.63, 3.8) is 0 Å². The zero-order valence-corrected chi connectivity index (χ0v) is 17.2. The predicted molar refractivity (Wildman–Crippen MR) is 120 cm³/mol. The number of hydrogen-bond acceptors (Lipinski definition) is 3. The van der Waals surface area contributed by atoms with E-state index >= 15 is 0 Å². The number of benzene rings is 2. The molecule has 1 aliphatic rings. The predicted octanol–water partition coefficient (Wildman–Crippen LogP) is 4.78. The molecule has 5 nitrogen and oxygen atoms in total. The summed E-state index contributed by atoms with van der Waals surface area (Å²) in [5.74, 6) is -0.214. The van der Waals surface area contributed by atoms with E-state index in [2.05, 4.69) is 11.4 Å². The molecule has 1 amide bonds. The Morgan fingerprint density at radius 3 is 2.83 bits per heavy atom. The van der Waals surface area contributed by atoms with Crippen LogP contribution in [0.5, 0.6) is 0 Å². The third-order valence-corrected chi connectivity index (χ3v) is 5.38. The minimum Gasteiger partial charge on any atom is -0.346 e. The summed E-state index contributed by atoms with van der Waals surface area (Å²) in [5.41, 5.74) is 3.90. The summed E-state index contributed by atoms with van der Waals surface area (Å²) in [6.07, 6.45) is 4.19. The Balaban J connectivity index is 1.74. The van der Waals surface area contributed by atoms with Crippen molar-refractivity contribution in [3.05, 3.63) is 70.5 Å². The van der Waals surface area contributed by atoms with Gasteiger partial charge in [-0.25, -0.2) is 0 Å². The maximum absolute atomic E-state index is 13.1. The summed E-state index contributed by atoms with van der Waals surface area (Å²) in [6, 6.07) is 15.4. The number of amides is 1. The molecule has 1 aromatic heterocycles. The van der Waals surface area contributed by atoms with Gasteiger partial charge in [0.25, 0.3) is 5.91 Å². The van der Waals surface area contributed by atoms with E-state index in [0.717, 1.165) is 22.0 Å². The highest BCUT2D eigenvalue weighted by Crippen LogP contribution is 2.29. The number of anilines is 1. The first-order chi connectivity index (χ1) is 14.0. The summed E-state index contributed by atoms with van der Waals surface area (Å²) < 4.78 is 2.03. The molecular formula is C22H17ClN4OS. The maximum atomic E-state index is 13.1. The van der Waals surface area contributed by atoms with Crippen LogP contribution in [0.4, 0.5) is 5.69 Å². The molecule has 7 heteroatoms. The number of nitrogens with one attached hydrogen (secondary N) is 1. The van der Waals surface area contributed by atoms with Crippen LogP contribution in [0.3, 0.4) is 0 Å². The van der Waals surface area contributed by atoms with Crippen molar-refractivity contribution >= 4 is 57.5 Å². The van der Waals surface area contributed by atoms with Crippen molar-refractivity contribution in [2.24, 2.45) is 0 Å². The van der Waals surface area contributed by atoms with E-state index in [-0.39, 0.29) is 5.91 Å². The first kappa shape index (κ1) is 19.2. The molecular weight excluding hydrogens is 404 g/mol. The number of nitrogens with zero attached hydrogens (tertiary/aromatic N) is 3. The van der Waals surface area contributed by atoms with Crippen molar-refractivity contribution in [3.8, 4) is 6.07 Å². The second kappa shape index (κ2) is 7.70. The molecule has 0 radical (unpaired) electrons. The molecule has 1 saturated heterocycles. The van der Waals surface area contributed by atoms with Crippen LogP contribution in [-0.4, -0.2) is 15.6 Å². The van der Waals surface area contributed by atoms with Crippen molar-refractivity contribution in [1.82, 2.24) is 9.88 Å². The van der Waals surface area contributed by atoms with Gasteiger partial charge >= 0.3 is 0 Å². The van der Waals surface area contributed by atoms with E-state index in [4.69, 9.17) is 29.1 Å². The van der Waals surface area contributed by atoms with Crippen LogP contribution in [-0.2, 0) is 11.3 Å². The number of hydrogen-bond donors (Lipinski definition) is 1. The fraction of sp³-hybridized carbons (Fsp3) is 0.136. The molecule has 0 aliphatic carbocycles. The number of para-hydroxylation sites is 1. The molecule has 0 unspecified atom stereocenters. The zero-order valence-electron chi connectivity index (χ0n) is 15.6. The molecule has 1 N–H and O–H groups in total. The lowest BCUT2D eigenvalue weighted by Gasteiger charge is -2.16. The molecule has 0 saturated carbocycles. The Hall–Kier alpha value is -3.14. The molecule has 29 heavy (non-hydrogen) atoms. The highest BCUT2D eigenvalue weighted by Gasteiger charge is 2.33. The normalized spacial score (nSPS) is 15.2. The average molecular weight is 421 g/mol. The van der Waals surface area contributed by atoms with Crippen molar-refractivity contribution in [2.75, 3.05) is 4.90 Å². The number of carbonyl (C=O) groups excluding carboxylic acids is 1. The number of thiocarbonyl (C=S) groups is 1. The first-order valence-electron chi connectivity index (χ1n) is 9.07. The Bertz CT molecular complexity index is 1220. The van der Waals surface area contributed by atoms with E-state index in [1.165, 1.54) is 4.90 Å². The molecule has 1 aliphatic heterocycles. The summed E-state index contributed by atoms with van der Waals surface area (Å²) in [6.45, 7) is 2.48. The van der Waals surface area contributed by atoms with Gasteiger partial charge in [-0.3, -0.25) is 9.69 Å². The highest BCUT2D eigenvalue weighted by atomic mass is 35.5. The number of aromatic nitrogens is 1. The van der Waals surface area contributed by atoms with Crippen molar-refractivity contribution < 1.29 is 4.79 Å². The van der Waals surface area contributed by atoms with Gasteiger partial charge in [-0.1, -0.05) is 29.8 Å². The number of rotatable bonds is 4. The lowest BCUT2D eigenvalue weighted by atomic mass is 10.1. The molecule has 144 valence electrons. The van der Waals surface area contributed by atoms with Crippen LogP contribution in [0.1, 0.15) is 17.5 Å². The molecule has 4 rings (SSSR count). The van der Waals surface area contributed by atoms with Gasteiger partial charge < -0.3 is 9.88 Å². The minimum absolute atomic E-state index is 0.214. The van der Waals surface area contributed by atoms with Crippen LogP contribution >= 0.6 is 23.8 Å². The number of nitriles is 1. The molecule has 3 aromatic rings. The Kier molecular flexibility index (Phi) is 5.10. The number of fused-ring (bicyclic) bond motifs is 1. The van der Waals surface area contributed by atoms with Crippen LogP contribution in [0.15, 0.2) is 54.4 Å². The van der Waals surface area contributed by atoms with Crippen molar-refractivity contribution in [1.29, 1.82) is 5.26 Å². The van der Waals surface area contributed by atoms with Gasteiger partial charge in [-0.15, -0.1) is 0 Å². The summed E-state index contributed by atoms with van der Waals surface area (Å²) in [5, 5.41) is 13.9. The third-order valence-electron chi connectivity index (χ3n) is 4.86. The lowest BCUT2D eigenvalue weighted by Crippen LogP contribution is -2.30. The number of halogens is 1. The van der Waals surface area contributed by atoms with Crippen LogP contribution in [0.2, 0.25) is 5.02 Å². The van der Waals surface area contributed by atoms with Gasteiger partial charge in [-0.05, 0) is 55.0 Å². The summed E-state index contributed by atoms with van der Waals surface area (Å²) in [4.78, 5) is 14.6. The fourth-order valence-electron chi connectivity index (χ4n) is 3.52. The largest absolute Gasteiger partial charge is 0.346 e. The van der Waals surface area contributed by atoms with Gasteiger partial charge in [0, 0.05) is 34.2 Å². The lowest BCUT2D eigenvalue weighted by molar-refractivity contribution is -0.113. The Morgan fingerprint density at radius 1 is 1.28 bits per heavy atom. The Labute approximate surface area is 178 Å². The van der Waals surface area contributed by atoms with Gasteiger partial charge in [0.15, 0.2) is 5.11 Å². The number of carbonyl (C=O) groups is 1. The molecule has 1 fully saturated rings. The standard InChI is InChI=1S/C22H17ClN4OS/c1-14-11-16(23)7-8-19(14)27-21(28)18(25-22(27)29)12-15-13-26(10-4-9-24)20-6-3-2-5-17(15)20/h2-3,5-8,11-13H,4,10H2,1H3,(H,25,29)/b18-12+. The molecule has 2 aromatic carbocycles. The van der Waals surface area contributed by atoms with Crippen LogP contribution in [0, 0.1) is 18.3 Å². The fourth-order valence-corrected chi connectivity index (χ4v) is 4.04. The monoisotopic (exact) mass is 420 g/mol. The second-order valence-corrected chi connectivity index (χ2v) is 7.59. The molecule has 2 heterocycles. The van der Waals surface area contributed by atoms with Gasteiger partial charge in [-0.2, -0.15) is 5.26 Å². The molecule has 0 atom stereocenters. The van der Waals surface area contributed by atoms with Gasteiger partial charge in [0.05, 0.1) is 18.2 Å². The smallest absolute Gasteiger partial charge is 0.281 e.